The van der Waals surface area contributed by atoms with Gasteiger partial charge in [-0.2, -0.15) is 5.10 Å². The predicted octanol–water partition coefficient (Wildman–Crippen LogP) is 3.60. The summed E-state index contributed by atoms with van der Waals surface area (Å²) in [5, 5.41) is 6.14. The van der Waals surface area contributed by atoms with Crippen LogP contribution in [0, 0.1) is 17.7 Å². The van der Waals surface area contributed by atoms with Gasteiger partial charge >= 0.3 is 0 Å². The highest BCUT2D eigenvalue weighted by atomic mass is 19.1. The second-order valence-electron chi connectivity index (χ2n) is 8.78. The monoisotopic (exact) mass is 469 g/mol. The van der Waals surface area contributed by atoms with Gasteiger partial charge in [-0.05, 0) is 53.6 Å². The molecule has 35 heavy (non-hydrogen) atoms. The molecule has 2 saturated heterocycles. The number of ether oxygens (including phenoxy) is 1. The van der Waals surface area contributed by atoms with E-state index < -0.39 is 41.6 Å². The van der Waals surface area contributed by atoms with E-state index in [9.17, 15) is 18.8 Å². The van der Waals surface area contributed by atoms with Gasteiger partial charge in [-0.25, -0.2) is 9.29 Å². The SMILES string of the molecule is COc1ccc(C(=O)[C@@H]2[C@@H]3C(=O)N(c4cccc(F)c4)C(=O)[C@@H]3[C@@H]3c4ccccc4C=NN23)cc1. The van der Waals surface area contributed by atoms with Crippen LogP contribution in [0.2, 0.25) is 0 Å². The van der Waals surface area contributed by atoms with E-state index in [2.05, 4.69) is 5.10 Å². The number of hydrogen-bond acceptors (Lipinski definition) is 6. The van der Waals surface area contributed by atoms with E-state index in [1.165, 1.54) is 25.3 Å². The highest BCUT2D eigenvalue weighted by molar-refractivity contribution is 6.24. The minimum atomic E-state index is -0.988. The summed E-state index contributed by atoms with van der Waals surface area (Å²) in [6.45, 7) is 0. The fourth-order valence-corrected chi connectivity index (χ4v) is 5.46. The number of carbonyl (C=O) groups is 3. The number of halogens is 1. The highest BCUT2D eigenvalue weighted by Gasteiger charge is 2.65. The van der Waals surface area contributed by atoms with Crippen molar-refractivity contribution < 1.29 is 23.5 Å². The molecule has 8 heteroatoms. The Balaban J connectivity index is 1.48. The molecule has 3 aliphatic heterocycles. The van der Waals surface area contributed by atoms with Crippen molar-refractivity contribution in [2.45, 2.75) is 12.1 Å². The van der Waals surface area contributed by atoms with Gasteiger partial charge in [-0.1, -0.05) is 30.3 Å². The average Bonchev–Trinajstić information content (AvgIpc) is 3.36. The molecule has 2 fully saturated rings. The first-order valence-electron chi connectivity index (χ1n) is 11.2. The summed E-state index contributed by atoms with van der Waals surface area (Å²) in [6.07, 6.45) is 1.65. The van der Waals surface area contributed by atoms with Crippen LogP contribution in [0.5, 0.6) is 5.75 Å². The zero-order valence-corrected chi connectivity index (χ0v) is 18.7. The lowest BCUT2D eigenvalue weighted by atomic mass is 9.83. The minimum absolute atomic E-state index is 0.157. The molecular weight excluding hydrogens is 449 g/mol. The summed E-state index contributed by atoms with van der Waals surface area (Å²) in [6, 6.07) is 17.9. The van der Waals surface area contributed by atoms with Gasteiger partial charge in [0.25, 0.3) is 0 Å². The van der Waals surface area contributed by atoms with Gasteiger partial charge in [0.05, 0.1) is 36.9 Å². The summed E-state index contributed by atoms with van der Waals surface area (Å²) < 4.78 is 19.2. The number of ketones is 1. The van der Waals surface area contributed by atoms with Crippen molar-refractivity contribution in [2.75, 3.05) is 12.0 Å². The maximum atomic E-state index is 14.0. The van der Waals surface area contributed by atoms with Crippen LogP contribution in [0.3, 0.4) is 0 Å². The highest BCUT2D eigenvalue weighted by Crippen LogP contribution is 2.53. The number of rotatable bonds is 4. The Morgan fingerprint density at radius 1 is 0.943 bits per heavy atom. The number of hydrazone groups is 1. The largest absolute Gasteiger partial charge is 0.497 e. The molecule has 7 nitrogen and oxygen atoms in total. The molecule has 0 spiro atoms. The standard InChI is InChI=1S/C27H20FN3O4/c1-35-19-11-9-15(10-12-19)25(32)24-22-21(23-20-8-3-2-5-16(20)14-29-31(23)24)26(33)30(27(22)34)18-7-4-6-17(28)13-18/h2-14,21-24H,1H3/t21-,22+,23-,24-/m0/s1. The smallest absolute Gasteiger partial charge is 0.240 e. The van der Waals surface area contributed by atoms with Crippen LogP contribution in [0.25, 0.3) is 0 Å². The predicted molar refractivity (Wildman–Crippen MR) is 126 cm³/mol. The van der Waals surface area contributed by atoms with E-state index in [1.54, 1.807) is 35.5 Å². The number of imide groups is 1. The van der Waals surface area contributed by atoms with Gasteiger partial charge in [-0.15, -0.1) is 0 Å². The first-order valence-corrected chi connectivity index (χ1v) is 11.2. The van der Waals surface area contributed by atoms with Crippen molar-refractivity contribution in [3.05, 3.63) is 95.3 Å². The Labute approximate surface area is 200 Å². The Bertz CT molecular complexity index is 1400. The van der Waals surface area contributed by atoms with Crippen molar-refractivity contribution in [3.8, 4) is 5.75 Å². The zero-order valence-electron chi connectivity index (χ0n) is 18.7. The second kappa shape index (κ2) is 7.87. The summed E-state index contributed by atoms with van der Waals surface area (Å²) >= 11 is 0. The zero-order chi connectivity index (χ0) is 24.3. The minimum Gasteiger partial charge on any atom is -0.497 e. The van der Waals surface area contributed by atoms with E-state index >= 15 is 0 Å². The summed E-state index contributed by atoms with van der Waals surface area (Å²) in [5.41, 5.74) is 2.19. The van der Waals surface area contributed by atoms with E-state index in [-0.39, 0.29) is 11.5 Å². The van der Waals surface area contributed by atoms with Crippen LogP contribution < -0.4 is 9.64 Å². The molecule has 0 aromatic heterocycles. The molecule has 0 bridgehead atoms. The summed E-state index contributed by atoms with van der Waals surface area (Å²) in [7, 11) is 1.53. The van der Waals surface area contributed by atoms with Crippen LogP contribution in [-0.2, 0) is 9.59 Å². The van der Waals surface area contributed by atoms with E-state index in [0.717, 1.165) is 22.1 Å². The third kappa shape index (κ3) is 3.10. The number of anilines is 1. The number of hydrogen-bond donors (Lipinski definition) is 0. The Morgan fingerprint density at radius 2 is 1.69 bits per heavy atom. The molecule has 3 heterocycles. The fourth-order valence-electron chi connectivity index (χ4n) is 5.46. The van der Waals surface area contributed by atoms with Crippen molar-refractivity contribution >= 4 is 29.5 Å². The molecule has 6 rings (SSSR count). The van der Waals surface area contributed by atoms with Gasteiger partial charge in [0, 0.05) is 5.56 Å². The lowest BCUT2D eigenvalue weighted by Gasteiger charge is -2.33. The quantitative estimate of drug-likeness (QED) is 0.431. The van der Waals surface area contributed by atoms with Gasteiger partial charge < -0.3 is 4.74 Å². The molecule has 3 aromatic rings. The molecule has 0 aliphatic carbocycles. The third-order valence-corrected chi connectivity index (χ3v) is 7.00. The topological polar surface area (TPSA) is 79.3 Å². The van der Waals surface area contributed by atoms with Gasteiger partial charge in [-0.3, -0.25) is 19.4 Å². The molecule has 3 aliphatic rings. The van der Waals surface area contributed by atoms with Crippen molar-refractivity contribution in [3.63, 3.8) is 0 Å². The molecule has 0 saturated carbocycles. The number of carbonyl (C=O) groups excluding carboxylic acids is 3. The van der Waals surface area contributed by atoms with E-state index in [4.69, 9.17) is 4.74 Å². The van der Waals surface area contributed by atoms with Crippen molar-refractivity contribution in [2.24, 2.45) is 16.9 Å². The summed E-state index contributed by atoms with van der Waals surface area (Å²) in [5.74, 6) is -3.07. The maximum absolute atomic E-state index is 14.0. The van der Waals surface area contributed by atoms with E-state index in [1.807, 2.05) is 24.3 Å². The maximum Gasteiger partial charge on any atom is 0.240 e. The van der Waals surface area contributed by atoms with Crippen LogP contribution in [0.15, 0.2) is 77.9 Å². The van der Waals surface area contributed by atoms with Crippen molar-refractivity contribution in [1.29, 1.82) is 0 Å². The number of amides is 2. The van der Waals surface area contributed by atoms with Crippen LogP contribution in [0.1, 0.15) is 27.5 Å². The molecule has 4 atom stereocenters. The normalized spacial score (nSPS) is 24.3. The van der Waals surface area contributed by atoms with Crippen LogP contribution in [0.4, 0.5) is 10.1 Å². The Morgan fingerprint density at radius 3 is 2.43 bits per heavy atom. The number of benzene rings is 3. The number of Topliss-reactive ketones (excluding diaryl/α,β-unsaturated/α-hetero) is 1. The second-order valence-corrected chi connectivity index (χ2v) is 8.78. The molecule has 0 N–H and O–H groups in total. The Kier molecular flexibility index (Phi) is 4.77. The number of nitrogens with zero attached hydrogens (tertiary/aromatic N) is 3. The van der Waals surface area contributed by atoms with Crippen LogP contribution in [-0.4, -0.2) is 42.0 Å². The summed E-state index contributed by atoms with van der Waals surface area (Å²) in [4.78, 5) is 42.3. The fraction of sp³-hybridized carbons (Fsp3) is 0.185. The lowest BCUT2D eigenvalue weighted by Crippen LogP contribution is -2.44. The molecular formula is C27H20FN3O4. The molecule has 174 valence electrons. The first-order chi connectivity index (χ1) is 17.0. The lowest BCUT2D eigenvalue weighted by molar-refractivity contribution is -0.124. The van der Waals surface area contributed by atoms with Gasteiger partial charge in [0.2, 0.25) is 11.8 Å². The Hall–Kier alpha value is -4.33. The first kappa shape index (κ1) is 21.2. The van der Waals surface area contributed by atoms with E-state index in [0.29, 0.717) is 11.3 Å². The number of fused-ring (bicyclic) bond motifs is 5. The molecule has 0 unspecified atom stereocenters. The average molecular weight is 469 g/mol. The van der Waals surface area contributed by atoms with Crippen LogP contribution >= 0.6 is 0 Å². The number of methoxy groups -OCH3 is 1. The van der Waals surface area contributed by atoms with Gasteiger partial charge in [0.1, 0.15) is 17.6 Å². The molecule has 2 amide bonds. The molecule has 0 radical (unpaired) electrons. The van der Waals surface area contributed by atoms with Crippen molar-refractivity contribution in [1.82, 2.24) is 5.01 Å². The molecule has 3 aromatic carbocycles. The van der Waals surface area contributed by atoms with Gasteiger partial charge in [0.15, 0.2) is 5.78 Å². The third-order valence-electron chi connectivity index (χ3n) is 7.00.